The van der Waals surface area contributed by atoms with E-state index in [4.69, 9.17) is 0 Å². The first kappa shape index (κ1) is 12.1. The van der Waals surface area contributed by atoms with Crippen LogP contribution in [0.2, 0.25) is 0 Å². The average molecular weight is 287 g/mol. The summed E-state index contributed by atoms with van der Waals surface area (Å²) >= 11 is 5.00. The summed E-state index contributed by atoms with van der Waals surface area (Å²) in [5, 5.41) is 1.92. The SMILES string of the molecule is C=c1c(C)c(C)c(=O)n2c1=C(C)[C](=[V])[C]2=[V]. The van der Waals surface area contributed by atoms with Crippen molar-refractivity contribution in [3.63, 3.8) is 0 Å². The van der Waals surface area contributed by atoms with E-state index in [1.54, 1.807) is 4.57 Å². The molecule has 1 aliphatic heterocycles. The van der Waals surface area contributed by atoms with E-state index in [-0.39, 0.29) is 5.56 Å². The van der Waals surface area contributed by atoms with Crippen molar-refractivity contribution in [3.8, 4) is 0 Å². The van der Waals surface area contributed by atoms with Crippen molar-refractivity contribution >= 4 is 20.7 Å². The van der Waals surface area contributed by atoms with Gasteiger partial charge in [-0.05, 0) is 0 Å². The molecule has 0 fully saturated rings. The van der Waals surface area contributed by atoms with Crippen molar-refractivity contribution < 1.29 is 34.0 Å². The molecule has 16 heavy (non-hydrogen) atoms. The molecule has 2 nitrogen and oxygen atoms in total. The molecule has 0 aliphatic carbocycles. The van der Waals surface area contributed by atoms with Crippen LogP contribution in [-0.4, -0.2) is 13.1 Å². The van der Waals surface area contributed by atoms with Crippen LogP contribution in [0, 0.1) is 13.8 Å². The van der Waals surface area contributed by atoms with E-state index in [1.807, 2.05) is 20.8 Å². The summed E-state index contributed by atoms with van der Waals surface area (Å²) in [6.45, 7) is 9.94. The second kappa shape index (κ2) is 3.82. The van der Waals surface area contributed by atoms with Crippen LogP contribution >= 0.6 is 0 Å². The second-order valence-corrected chi connectivity index (χ2v) is 5.37. The fourth-order valence-corrected chi connectivity index (χ4v) is 2.83. The van der Waals surface area contributed by atoms with Gasteiger partial charge in [-0.3, -0.25) is 0 Å². The van der Waals surface area contributed by atoms with Crippen LogP contribution in [0.15, 0.2) is 4.79 Å². The predicted octanol–water partition coefficient (Wildman–Crippen LogP) is -0.696. The molecule has 0 N–H and O–H groups in total. The third-order valence-corrected chi connectivity index (χ3v) is 5.15. The topological polar surface area (TPSA) is 22.0 Å². The number of fused-ring (bicyclic) bond motifs is 1. The Bertz CT molecular complexity index is 710. The van der Waals surface area contributed by atoms with Gasteiger partial charge < -0.3 is 0 Å². The van der Waals surface area contributed by atoms with Crippen molar-refractivity contribution in [1.29, 1.82) is 0 Å². The fourth-order valence-electron chi connectivity index (χ4n) is 1.95. The molecule has 0 unspecified atom stereocenters. The van der Waals surface area contributed by atoms with Crippen molar-refractivity contribution in [2.75, 3.05) is 0 Å². The molecule has 0 bridgehead atoms. The molecule has 0 saturated carbocycles. The number of hydrogen-bond acceptors (Lipinski definition) is 1. The Morgan fingerprint density at radius 2 is 1.69 bits per heavy atom. The molecule has 0 amide bonds. The summed E-state index contributed by atoms with van der Waals surface area (Å²) in [6, 6.07) is 0. The summed E-state index contributed by atoms with van der Waals surface area (Å²) in [5.74, 6) is 0. The van der Waals surface area contributed by atoms with E-state index in [9.17, 15) is 4.79 Å². The summed E-state index contributed by atoms with van der Waals surface area (Å²) < 4.78 is 3.80. The fraction of sp³-hybridized carbons (Fsp3) is 0.250. The molecule has 80 valence electrons. The molecule has 0 aromatic carbocycles. The molecule has 2 rings (SSSR count). The van der Waals surface area contributed by atoms with Gasteiger partial charge in [0.2, 0.25) is 0 Å². The van der Waals surface area contributed by atoms with E-state index in [0.29, 0.717) is 0 Å². The number of nitrogens with zero attached hydrogens (tertiary/aromatic N) is 1. The molecule has 0 radical (unpaired) electrons. The van der Waals surface area contributed by atoms with Gasteiger partial charge in [0.25, 0.3) is 0 Å². The normalized spacial score (nSPS) is 14.4. The molecule has 0 saturated heterocycles. The zero-order chi connectivity index (χ0) is 12.2. The van der Waals surface area contributed by atoms with Crippen molar-refractivity contribution in [1.82, 2.24) is 4.57 Å². The third kappa shape index (κ3) is 1.38. The quantitative estimate of drug-likeness (QED) is 0.619. The Hall–Kier alpha value is -0.401. The van der Waals surface area contributed by atoms with Crippen LogP contribution < -0.4 is 16.1 Å². The van der Waals surface area contributed by atoms with Crippen LogP contribution in [-0.2, 0) is 34.0 Å². The van der Waals surface area contributed by atoms with Gasteiger partial charge in [0.05, 0.1) is 0 Å². The predicted molar refractivity (Wildman–Crippen MR) is 59.4 cm³/mol. The van der Waals surface area contributed by atoms with Gasteiger partial charge in [-0.2, -0.15) is 0 Å². The Morgan fingerprint density at radius 3 is 2.25 bits per heavy atom. The van der Waals surface area contributed by atoms with Gasteiger partial charge in [0, 0.05) is 0 Å². The van der Waals surface area contributed by atoms with Gasteiger partial charge in [0.15, 0.2) is 0 Å². The monoisotopic (exact) mass is 287 g/mol. The van der Waals surface area contributed by atoms with Gasteiger partial charge in [-0.1, -0.05) is 0 Å². The number of pyridine rings is 1. The average Bonchev–Trinajstić information content (AvgIpc) is 2.48. The number of hydrogen-bond donors (Lipinski definition) is 0. The van der Waals surface area contributed by atoms with E-state index >= 15 is 0 Å². The molecule has 4 heteroatoms. The zero-order valence-electron chi connectivity index (χ0n) is 9.46. The van der Waals surface area contributed by atoms with E-state index in [2.05, 4.69) is 40.5 Å². The summed E-state index contributed by atoms with van der Waals surface area (Å²) in [5.41, 5.74) is 2.97. The van der Waals surface area contributed by atoms with Crippen molar-refractivity contribution in [3.05, 3.63) is 32.0 Å². The molecule has 0 spiro atoms. The van der Waals surface area contributed by atoms with E-state index in [0.717, 1.165) is 35.8 Å². The Kier molecular flexibility index (Phi) is 2.88. The van der Waals surface area contributed by atoms with Gasteiger partial charge in [-0.15, -0.1) is 0 Å². The summed E-state index contributed by atoms with van der Waals surface area (Å²) in [4.78, 5) is 12.2. The first-order chi connectivity index (χ1) is 7.37. The minimum absolute atomic E-state index is 0.0657. The Labute approximate surface area is 112 Å². The first-order valence-electron chi connectivity index (χ1n) is 4.93. The Balaban J connectivity index is 3.22. The standard InChI is InChI=1S/C12H11NO.2V/c1-7-5-6-13-11(7)9(3)8(2)10(4)12(13)14;;/h3H2,1-2,4H3;;. The van der Waals surface area contributed by atoms with Crippen LogP contribution in [0.25, 0.3) is 12.2 Å². The molecule has 0 atom stereocenters. The molecule has 1 aliphatic rings. The minimum atomic E-state index is 0.0657. The first-order valence-corrected chi connectivity index (χ1v) is 6.32. The maximum absolute atomic E-state index is 12.2. The molecular weight excluding hydrogens is 276 g/mol. The molecular formula is C12H11NOV2. The Morgan fingerprint density at radius 1 is 1.12 bits per heavy atom. The second-order valence-electron chi connectivity index (χ2n) is 4.01. The molecule has 1 aromatic rings. The summed E-state index contributed by atoms with van der Waals surface area (Å²) in [7, 11) is 0. The number of rotatable bonds is 0. The maximum atomic E-state index is 12.2. The molecule has 2 heterocycles. The van der Waals surface area contributed by atoms with Crippen LogP contribution in [0.1, 0.15) is 18.1 Å². The van der Waals surface area contributed by atoms with E-state index < -0.39 is 0 Å². The third-order valence-electron chi connectivity index (χ3n) is 3.18. The van der Waals surface area contributed by atoms with Gasteiger partial charge >= 0.3 is 112 Å². The van der Waals surface area contributed by atoms with Crippen LogP contribution in [0.3, 0.4) is 0 Å². The van der Waals surface area contributed by atoms with Gasteiger partial charge in [-0.25, -0.2) is 0 Å². The molecule has 1 aromatic heterocycles. The number of aromatic nitrogens is 1. The summed E-state index contributed by atoms with van der Waals surface area (Å²) in [6.07, 6.45) is 0. The van der Waals surface area contributed by atoms with Crippen molar-refractivity contribution in [2.45, 2.75) is 20.8 Å². The van der Waals surface area contributed by atoms with Crippen LogP contribution in [0.5, 0.6) is 0 Å². The van der Waals surface area contributed by atoms with Crippen molar-refractivity contribution in [2.24, 2.45) is 0 Å². The van der Waals surface area contributed by atoms with E-state index in [1.165, 1.54) is 0 Å². The zero-order valence-corrected chi connectivity index (χ0v) is 12.3. The van der Waals surface area contributed by atoms with Gasteiger partial charge in [0.1, 0.15) is 0 Å². The van der Waals surface area contributed by atoms with Crippen LogP contribution in [0.4, 0.5) is 0 Å².